The number of H-pyrrole nitrogens is 1. The number of rotatable bonds is 4. The molecular weight excluding hydrogens is 330 g/mol. The van der Waals surface area contributed by atoms with Crippen LogP contribution in [-0.4, -0.2) is 21.3 Å². The van der Waals surface area contributed by atoms with Crippen molar-refractivity contribution in [1.82, 2.24) is 10.2 Å². The number of non-ortho nitro benzene ring substituents is 1. The van der Waals surface area contributed by atoms with Crippen molar-refractivity contribution in [3.05, 3.63) is 61.0 Å². The number of halogens is 1. The van der Waals surface area contributed by atoms with Gasteiger partial charge in [0.2, 0.25) is 0 Å². The minimum atomic E-state index is -0.474. The summed E-state index contributed by atoms with van der Waals surface area (Å²) in [5, 5.41) is 20.3. The van der Waals surface area contributed by atoms with Crippen LogP contribution in [0.5, 0.6) is 0 Å². The zero-order valence-electron chi connectivity index (χ0n) is 9.91. The van der Waals surface area contributed by atoms with Gasteiger partial charge in [-0.1, -0.05) is 0 Å². The summed E-state index contributed by atoms with van der Waals surface area (Å²) in [7, 11) is 0. The minimum absolute atomic E-state index is 0.0108. The predicted molar refractivity (Wildman–Crippen MR) is 76.9 cm³/mol. The van der Waals surface area contributed by atoms with Gasteiger partial charge in [-0.05, 0) is 33.6 Å². The molecule has 1 aromatic carbocycles. The van der Waals surface area contributed by atoms with E-state index >= 15 is 0 Å². The Morgan fingerprint density at radius 3 is 2.75 bits per heavy atom. The van der Waals surface area contributed by atoms with Gasteiger partial charge >= 0.3 is 0 Å². The van der Waals surface area contributed by atoms with Crippen molar-refractivity contribution in [2.24, 2.45) is 5.10 Å². The van der Waals surface area contributed by atoms with Crippen LogP contribution >= 0.6 is 15.9 Å². The molecule has 0 fully saturated rings. The lowest BCUT2D eigenvalue weighted by Gasteiger charge is -2.00. The van der Waals surface area contributed by atoms with Crippen molar-refractivity contribution in [2.45, 2.75) is 0 Å². The minimum Gasteiger partial charge on any atom is -0.275 e. The fourth-order valence-electron chi connectivity index (χ4n) is 1.32. The SMILES string of the molecule is O=c1[nH]ncc(N/N=C/c2ccc([N+](=O)[O-])cc2)c1Br. The largest absolute Gasteiger partial charge is 0.280 e. The van der Waals surface area contributed by atoms with E-state index in [-0.39, 0.29) is 15.7 Å². The van der Waals surface area contributed by atoms with Crippen LogP contribution in [0.1, 0.15) is 5.56 Å². The molecule has 2 rings (SSSR count). The van der Waals surface area contributed by atoms with Gasteiger partial charge in [0.15, 0.2) is 0 Å². The first-order valence-corrected chi connectivity index (χ1v) is 6.14. The van der Waals surface area contributed by atoms with E-state index in [1.54, 1.807) is 12.1 Å². The summed E-state index contributed by atoms with van der Waals surface area (Å²) in [6.07, 6.45) is 2.87. The van der Waals surface area contributed by atoms with E-state index in [0.717, 1.165) is 0 Å². The summed E-state index contributed by atoms with van der Waals surface area (Å²) in [6, 6.07) is 5.89. The molecule has 0 amide bonds. The van der Waals surface area contributed by atoms with E-state index in [1.807, 2.05) is 0 Å². The number of aromatic amines is 1. The summed E-state index contributed by atoms with van der Waals surface area (Å²) < 4.78 is 0.286. The monoisotopic (exact) mass is 337 g/mol. The highest BCUT2D eigenvalue weighted by Gasteiger charge is 2.03. The summed E-state index contributed by atoms with van der Waals surface area (Å²) in [6.45, 7) is 0. The summed E-state index contributed by atoms with van der Waals surface area (Å²) >= 11 is 3.10. The highest BCUT2D eigenvalue weighted by Crippen LogP contribution is 2.15. The molecular formula is C11H8BrN5O3. The lowest BCUT2D eigenvalue weighted by molar-refractivity contribution is -0.384. The Kier molecular flexibility index (Phi) is 4.20. The molecule has 0 bridgehead atoms. The Morgan fingerprint density at radius 2 is 2.10 bits per heavy atom. The maximum atomic E-state index is 11.3. The van der Waals surface area contributed by atoms with Crippen molar-refractivity contribution >= 4 is 33.5 Å². The number of anilines is 1. The molecule has 1 heterocycles. The van der Waals surface area contributed by atoms with Crippen LogP contribution < -0.4 is 11.0 Å². The molecule has 0 spiro atoms. The lowest BCUT2D eigenvalue weighted by Crippen LogP contribution is -2.10. The predicted octanol–water partition coefficient (Wildman–Crippen LogP) is 1.89. The fourth-order valence-corrected chi connectivity index (χ4v) is 1.60. The molecule has 9 heteroatoms. The molecule has 0 atom stereocenters. The maximum Gasteiger partial charge on any atom is 0.280 e. The first-order valence-electron chi connectivity index (χ1n) is 5.34. The molecule has 0 aliphatic rings. The van der Waals surface area contributed by atoms with Crippen LogP contribution in [0.3, 0.4) is 0 Å². The molecule has 102 valence electrons. The number of hydrogen-bond donors (Lipinski definition) is 2. The number of nitrogens with zero attached hydrogens (tertiary/aromatic N) is 3. The van der Waals surface area contributed by atoms with Gasteiger partial charge in [-0.25, -0.2) is 5.10 Å². The van der Waals surface area contributed by atoms with E-state index in [4.69, 9.17) is 0 Å². The second-order valence-corrected chi connectivity index (χ2v) is 4.44. The van der Waals surface area contributed by atoms with Crippen LogP contribution in [0.2, 0.25) is 0 Å². The first-order chi connectivity index (χ1) is 9.58. The lowest BCUT2D eigenvalue weighted by atomic mass is 10.2. The van der Waals surface area contributed by atoms with Crippen molar-refractivity contribution in [3.8, 4) is 0 Å². The Balaban J connectivity index is 2.08. The molecule has 0 saturated carbocycles. The molecule has 0 radical (unpaired) electrons. The van der Waals surface area contributed by atoms with Gasteiger partial charge < -0.3 is 0 Å². The molecule has 0 aliphatic heterocycles. The van der Waals surface area contributed by atoms with Crippen LogP contribution in [-0.2, 0) is 0 Å². The zero-order valence-corrected chi connectivity index (χ0v) is 11.5. The van der Waals surface area contributed by atoms with Crippen LogP contribution in [0.15, 0.2) is 44.8 Å². The highest BCUT2D eigenvalue weighted by molar-refractivity contribution is 9.10. The molecule has 0 unspecified atom stereocenters. The molecule has 1 aromatic heterocycles. The Bertz CT molecular complexity index is 711. The maximum absolute atomic E-state index is 11.3. The number of hydrogen-bond acceptors (Lipinski definition) is 6. The highest BCUT2D eigenvalue weighted by atomic mass is 79.9. The third-order valence-corrected chi connectivity index (χ3v) is 3.09. The number of benzene rings is 1. The van der Waals surface area contributed by atoms with Crippen LogP contribution in [0.25, 0.3) is 0 Å². The molecule has 0 saturated heterocycles. The van der Waals surface area contributed by atoms with Crippen molar-refractivity contribution in [1.29, 1.82) is 0 Å². The van der Waals surface area contributed by atoms with Crippen molar-refractivity contribution in [2.75, 3.05) is 5.43 Å². The number of nitrogens with one attached hydrogen (secondary N) is 2. The quantitative estimate of drug-likeness (QED) is 0.502. The van der Waals surface area contributed by atoms with Crippen LogP contribution in [0.4, 0.5) is 11.4 Å². The Labute approximate surface area is 120 Å². The average molecular weight is 338 g/mol. The summed E-state index contributed by atoms with van der Waals surface area (Å²) in [4.78, 5) is 21.3. The number of nitro benzene ring substituents is 1. The molecule has 2 N–H and O–H groups in total. The Hall–Kier alpha value is -2.55. The number of aromatic nitrogens is 2. The van der Waals surface area contributed by atoms with Gasteiger partial charge in [0, 0.05) is 12.1 Å². The summed E-state index contributed by atoms with van der Waals surface area (Å²) in [5.41, 5.74) is 3.37. The average Bonchev–Trinajstić information content (AvgIpc) is 2.44. The van der Waals surface area contributed by atoms with Crippen molar-refractivity contribution in [3.63, 3.8) is 0 Å². The van der Waals surface area contributed by atoms with Gasteiger partial charge in [0.05, 0.1) is 23.0 Å². The van der Waals surface area contributed by atoms with Crippen molar-refractivity contribution < 1.29 is 4.92 Å². The normalized spacial score (nSPS) is 10.7. The topological polar surface area (TPSA) is 113 Å². The third-order valence-electron chi connectivity index (χ3n) is 2.30. The van der Waals surface area contributed by atoms with Gasteiger partial charge in [0.25, 0.3) is 11.2 Å². The molecule has 2 aromatic rings. The number of nitro groups is 1. The van der Waals surface area contributed by atoms with Crippen LogP contribution in [0, 0.1) is 10.1 Å². The fraction of sp³-hybridized carbons (Fsp3) is 0. The summed E-state index contributed by atoms with van der Waals surface area (Å²) in [5.74, 6) is 0. The second-order valence-electron chi connectivity index (χ2n) is 3.65. The van der Waals surface area contributed by atoms with E-state index in [0.29, 0.717) is 11.3 Å². The third kappa shape index (κ3) is 3.26. The molecule has 20 heavy (non-hydrogen) atoms. The molecule has 8 nitrogen and oxygen atoms in total. The second kappa shape index (κ2) is 6.06. The van der Waals surface area contributed by atoms with E-state index in [1.165, 1.54) is 24.5 Å². The van der Waals surface area contributed by atoms with Gasteiger partial charge in [-0.3, -0.25) is 20.3 Å². The van der Waals surface area contributed by atoms with E-state index in [9.17, 15) is 14.9 Å². The van der Waals surface area contributed by atoms with Gasteiger partial charge in [-0.2, -0.15) is 10.2 Å². The zero-order chi connectivity index (χ0) is 14.5. The Morgan fingerprint density at radius 1 is 1.40 bits per heavy atom. The van der Waals surface area contributed by atoms with Gasteiger partial charge in [0.1, 0.15) is 4.47 Å². The van der Waals surface area contributed by atoms with Gasteiger partial charge in [-0.15, -0.1) is 0 Å². The first kappa shape index (κ1) is 13.9. The van der Waals surface area contributed by atoms with E-state index < -0.39 is 4.92 Å². The smallest absolute Gasteiger partial charge is 0.275 e. The number of hydrazone groups is 1. The molecule has 0 aliphatic carbocycles. The van der Waals surface area contributed by atoms with E-state index in [2.05, 4.69) is 36.7 Å². The standard InChI is InChI=1S/C11H8BrN5O3/c12-10-9(6-14-16-11(10)18)15-13-5-7-1-3-8(4-2-7)17(19)20/h1-6H,(H2,15,16,18)/b13-5+.